The molecule has 0 saturated carbocycles. The number of nitrogens with zero attached hydrogens (tertiary/aromatic N) is 2. The molecule has 1 atom stereocenters. The molecule has 6 nitrogen and oxygen atoms in total. The van der Waals surface area contributed by atoms with Crippen LogP contribution in [0.1, 0.15) is 20.3 Å². The summed E-state index contributed by atoms with van der Waals surface area (Å²) < 4.78 is 0. The standard InChI is InChI=1S/C10H15N3O3/c1-3-10(2,14)7-12-9-5-4-8(6-11-9)13(15)16/h4-6,14H,3,7H2,1-2H3,(H,11,12)/t10-/m0/s1. The van der Waals surface area contributed by atoms with Gasteiger partial charge in [0.25, 0.3) is 5.69 Å². The van der Waals surface area contributed by atoms with Gasteiger partial charge in [-0.25, -0.2) is 4.98 Å². The summed E-state index contributed by atoms with van der Waals surface area (Å²) in [6.45, 7) is 3.95. The molecular formula is C10H15N3O3. The van der Waals surface area contributed by atoms with Crippen molar-refractivity contribution < 1.29 is 10.0 Å². The zero-order valence-corrected chi connectivity index (χ0v) is 9.30. The van der Waals surface area contributed by atoms with Crippen LogP contribution in [0, 0.1) is 10.1 Å². The number of rotatable bonds is 5. The highest BCUT2D eigenvalue weighted by Crippen LogP contribution is 2.14. The number of hydrogen-bond acceptors (Lipinski definition) is 5. The minimum Gasteiger partial charge on any atom is -0.388 e. The summed E-state index contributed by atoms with van der Waals surface area (Å²) in [5.41, 5.74) is -0.850. The van der Waals surface area contributed by atoms with E-state index in [0.29, 0.717) is 18.8 Å². The van der Waals surface area contributed by atoms with Crippen molar-refractivity contribution in [3.8, 4) is 0 Å². The summed E-state index contributed by atoms with van der Waals surface area (Å²) in [6.07, 6.45) is 1.80. The Morgan fingerprint density at radius 3 is 2.75 bits per heavy atom. The van der Waals surface area contributed by atoms with Crippen LogP contribution in [0.5, 0.6) is 0 Å². The van der Waals surface area contributed by atoms with Crippen LogP contribution < -0.4 is 5.32 Å². The van der Waals surface area contributed by atoms with Crippen LogP contribution in [0.15, 0.2) is 18.3 Å². The molecule has 1 aromatic heterocycles. The fraction of sp³-hybridized carbons (Fsp3) is 0.500. The molecule has 0 amide bonds. The Morgan fingerprint density at radius 2 is 2.31 bits per heavy atom. The van der Waals surface area contributed by atoms with Crippen LogP contribution in [-0.2, 0) is 0 Å². The first-order valence-electron chi connectivity index (χ1n) is 5.01. The normalized spacial score (nSPS) is 14.2. The molecule has 0 spiro atoms. The van der Waals surface area contributed by atoms with Gasteiger partial charge < -0.3 is 10.4 Å². The van der Waals surface area contributed by atoms with E-state index in [1.165, 1.54) is 18.3 Å². The second-order valence-electron chi connectivity index (χ2n) is 3.86. The van der Waals surface area contributed by atoms with Gasteiger partial charge in [0.1, 0.15) is 12.0 Å². The Kier molecular flexibility index (Phi) is 3.78. The maximum absolute atomic E-state index is 10.4. The summed E-state index contributed by atoms with van der Waals surface area (Å²) in [5, 5.41) is 23.0. The molecule has 88 valence electrons. The average Bonchev–Trinajstić information content (AvgIpc) is 2.27. The minimum absolute atomic E-state index is 0.0483. The zero-order valence-electron chi connectivity index (χ0n) is 9.30. The van der Waals surface area contributed by atoms with Crippen molar-refractivity contribution in [2.75, 3.05) is 11.9 Å². The van der Waals surface area contributed by atoms with Crippen molar-refractivity contribution in [3.63, 3.8) is 0 Å². The van der Waals surface area contributed by atoms with Gasteiger partial charge in [-0.1, -0.05) is 6.92 Å². The van der Waals surface area contributed by atoms with E-state index >= 15 is 0 Å². The third kappa shape index (κ3) is 3.47. The lowest BCUT2D eigenvalue weighted by atomic mass is 10.0. The lowest BCUT2D eigenvalue weighted by Gasteiger charge is -2.21. The highest BCUT2D eigenvalue weighted by atomic mass is 16.6. The summed E-state index contributed by atoms with van der Waals surface area (Å²) in [4.78, 5) is 13.8. The topological polar surface area (TPSA) is 88.3 Å². The smallest absolute Gasteiger partial charge is 0.287 e. The van der Waals surface area contributed by atoms with E-state index < -0.39 is 10.5 Å². The van der Waals surface area contributed by atoms with Crippen LogP contribution >= 0.6 is 0 Å². The molecule has 1 heterocycles. The van der Waals surface area contributed by atoms with E-state index in [4.69, 9.17) is 0 Å². The lowest BCUT2D eigenvalue weighted by Crippen LogP contribution is -2.32. The molecule has 0 radical (unpaired) electrons. The second-order valence-corrected chi connectivity index (χ2v) is 3.86. The highest BCUT2D eigenvalue weighted by Gasteiger charge is 2.17. The van der Waals surface area contributed by atoms with Gasteiger partial charge in [0, 0.05) is 12.6 Å². The van der Waals surface area contributed by atoms with Crippen LogP contribution in [0.2, 0.25) is 0 Å². The Balaban J connectivity index is 2.59. The van der Waals surface area contributed by atoms with Gasteiger partial charge in [0.15, 0.2) is 0 Å². The van der Waals surface area contributed by atoms with Crippen molar-refractivity contribution in [1.82, 2.24) is 4.98 Å². The maximum Gasteiger partial charge on any atom is 0.287 e. The van der Waals surface area contributed by atoms with E-state index in [1.54, 1.807) is 6.92 Å². The predicted octanol–water partition coefficient (Wildman–Crippen LogP) is 1.56. The monoisotopic (exact) mass is 225 g/mol. The number of anilines is 1. The van der Waals surface area contributed by atoms with Crippen LogP contribution in [-0.4, -0.2) is 27.2 Å². The second kappa shape index (κ2) is 4.89. The van der Waals surface area contributed by atoms with Crippen molar-refractivity contribution in [1.29, 1.82) is 0 Å². The van der Waals surface area contributed by atoms with Gasteiger partial charge in [-0.05, 0) is 19.4 Å². The number of aliphatic hydroxyl groups is 1. The van der Waals surface area contributed by atoms with E-state index in [1.807, 2.05) is 6.92 Å². The largest absolute Gasteiger partial charge is 0.388 e. The molecule has 0 aromatic carbocycles. The molecule has 1 rings (SSSR count). The predicted molar refractivity (Wildman–Crippen MR) is 60.3 cm³/mol. The van der Waals surface area contributed by atoms with Gasteiger partial charge in [0.05, 0.1) is 10.5 Å². The fourth-order valence-electron chi connectivity index (χ4n) is 1.00. The number of aromatic nitrogens is 1. The first-order chi connectivity index (χ1) is 7.44. The van der Waals surface area contributed by atoms with Crippen LogP contribution in [0.4, 0.5) is 11.5 Å². The first-order valence-corrected chi connectivity index (χ1v) is 5.01. The molecule has 0 bridgehead atoms. The van der Waals surface area contributed by atoms with E-state index in [-0.39, 0.29) is 5.69 Å². The molecule has 0 aliphatic carbocycles. The summed E-state index contributed by atoms with van der Waals surface area (Å²) in [7, 11) is 0. The Bertz CT molecular complexity index is 362. The maximum atomic E-state index is 10.4. The van der Waals surface area contributed by atoms with Crippen molar-refractivity contribution in [3.05, 3.63) is 28.4 Å². The Hall–Kier alpha value is -1.69. The van der Waals surface area contributed by atoms with Gasteiger partial charge in [-0.3, -0.25) is 10.1 Å². The van der Waals surface area contributed by atoms with Crippen molar-refractivity contribution in [2.45, 2.75) is 25.9 Å². The molecule has 0 aliphatic heterocycles. The molecule has 0 fully saturated rings. The van der Waals surface area contributed by atoms with E-state index in [9.17, 15) is 15.2 Å². The number of nitrogens with one attached hydrogen (secondary N) is 1. The molecule has 0 saturated heterocycles. The molecule has 0 unspecified atom stereocenters. The van der Waals surface area contributed by atoms with Crippen LogP contribution in [0.3, 0.4) is 0 Å². The lowest BCUT2D eigenvalue weighted by molar-refractivity contribution is -0.385. The van der Waals surface area contributed by atoms with E-state index in [0.717, 1.165) is 0 Å². The Labute approximate surface area is 93.5 Å². The van der Waals surface area contributed by atoms with E-state index in [2.05, 4.69) is 10.3 Å². The molecule has 2 N–H and O–H groups in total. The van der Waals surface area contributed by atoms with Gasteiger partial charge in [-0.2, -0.15) is 0 Å². The summed E-state index contributed by atoms with van der Waals surface area (Å²) >= 11 is 0. The third-order valence-corrected chi connectivity index (χ3v) is 2.37. The summed E-state index contributed by atoms with van der Waals surface area (Å²) in [6, 6.07) is 2.89. The van der Waals surface area contributed by atoms with Gasteiger partial charge in [-0.15, -0.1) is 0 Å². The molecular weight excluding hydrogens is 210 g/mol. The van der Waals surface area contributed by atoms with Gasteiger partial charge in [0.2, 0.25) is 0 Å². The minimum atomic E-state index is -0.802. The SMILES string of the molecule is CC[C@](C)(O)CNc1ccc([N+](=O)[O-])cn1. The van der Waals surface area contributed by atoms with Crippen molar-refractivity contribution in [2.24, 2.45) is 0 Å². The Morgan fingerprint density at radius 1 is 1.62 bits per heavy atom. The first kappa shape index (κ1) is 12.4. The summed E-state index contributed by atoms with van der Waals surface area (Å²) in [5.74, 6) is 0.513. The van der Waals surface area contributed by atoms with Crippen molar-refractivity contribution >= 4 is 11.5 Å². The molecule has 16 heavy (non-hydrogen) atoms. The average molecular weight is 225 g/mol. The third-order valence-electron chi connectivity index (χ3n) is 2.37. The quantitative estimate of drug-likeness (QED) is 0.586. The zero-order chi connectivity index (χ0) is 12.2. The molecule has 1 aromatic rings. The van der Waals surface area contributed by atoms with Crippen LogP contribution in [0.25, 0.3) is 0 Å². The highest BCUT2D eigenvalue weighted by molar-refractivity contribution is 5.40. The number of nitro groups is 1. The number of pyridine rings is 1. The molecule has 6 heteroatoms. The fourth-order valence-corrected chi connectivity index (χ4v) is 1.00. The molecule has 0 aliphatic rings. The van der Waals surface area contributed by atoms with Gasteiger partial charge >= 0.3 is 0 Å². The number of hydrogen-bond donors (Lipinski definition) is 2.